The van der Waals surface area contributed by atoms with Gasteiger partial charge in [-0.25, -0.2) is 0 Å². The molecule has 1 saturated heterocycles. The molecule has 0 spiro atoms. The number of hydrogen-bond donors (Lipinski definition) is 1. The van der Waals surface area contributed by atoms with Gasteiger partial charge in [0, 0.05) is 30.1 Å². The van der Waals surface area contributed by atoms with Gasteiger partial charge in [-0.15, -0.1) is 0 Å². The highest BCUT2D eigenvalue weighted by Gasteiger charge is 2.22. The van der Waals surface area contributed by atoms with Crippen molar-refractivity contribution in [3.8, 4) is 5.75 Å². The number of carbonyl (C=O) groups excluding carboxylic acids is 1. The highest BCUT2D eigenvalue weighted by Crippen LogP contribution is 2.25. The molecule has 1 fully saturated rings. The lowest BCUT2D eigenvalue weighted by Crippen LogP contribution is -2.32. The van der Waals surface area contributed by atoms with Crippen molar-refractivity contribution in [2.75, 3.05) is 20.2 Å². The van der Waals surface area contributed by atoms with Crippen molar-refractivity contribution in [3.05, 3.63) is 30.0 Å². The average Bonchev–Trinajstić information content (AvgIpc) is 2.86. The molecule has 1 atom stereocenters. The van der Waals surface area contributed by atoms with Crippen molar-refractivity contribution >= 4 is 16.8 Å². The van der Waals surface area contributed by atoms with Gasteiger partial charge in [-0.3, -0.25) is 4.79 Å². The zero-order valence-electron chi connectivity index (χ0n) is 14.1. The zero-order chi connectivity index (χ0) is 16.2. The monoisotopic (exact) mass is 314 g/mol. The van der Waals surface area contributed by atoms with Crippen LogP contribution in [0.2, 0.25) is 0 Å². The molecular weight excluding hydrogens is 288 g/mol. The Bertz CT molecular complexity index is 677. The van der Waals surface area contributed by atoms with Crippen LogP contribution in [0, 0.1) is 5.92 Å². The van der Waals surface area contributed by atoms with E-state index < -0.39 is 0 Å². The molecule has 4 heteroatoms. The number of ether oxygens (including phenoxy) is 1. The number of carbonyl (C=O) groups is 1. The molecule has 23 heavy (non-hydrogen) atoms. The van der Waals surface area contributed by atoms with Gasteiger partial charge in [-0.2, -0.15) is 0 Å². The van der Waals surface area contributed by atoms with Crippen LogP contribution in [-0.4, -0.2) is 36.0 Å². The second-order valence-electron chi connectivity index (χ2n) is 6.51. The largest absolute Gasteiger partial charge is 0.497 e. The summed E-state index contributed by atoms with van der Waals surface area (Å²) in [6, 6.07) is 7.80. The van der Waals surface area contributed by atoms with Crippen LogP contribution in [0.4, 0.5) is 0 Å². The van der Waals surface area contributed by atoms with E-state index in [2.05, 4.69) is 11.9 Å². The number of H-pyrrole nitrogens is 1. The Morgan fingerprint density at radius 1 is 1.30 bits per heavy atom. The minimum atomic E-state index is 0.123. The summed E-state index contributed by atoms with van der Waals surface area (Å²) in [5, 5.41) is 1.05. The van der Waals surface area contributed by atoms with E-state index in [1.165, 1.54) is 19.3 Å². The summed E-state index contributed by atoms with van der Waals surface area (Å²) in [5.74, 6) is 1.71. The summed E-state index contributed by atoms with van der Waals surface area (Å²) in [7, 11) is 1.65. The number of methoxy groups -OCH3 is 1. The van der Waals surface area contributed by atoms with Crippen molar-refractivity contribution in [1.82, 2.24) is 9.88 Å². The number of aromatic nitrogens is 1. The number of hydrogen-bond acceptors (Lipinski definition) is 2. The molecule has 0 radical (unpaired) electrons. The summed E-state index contributed by atoms with van der Waals surface area (Å²) in [6.45, 7) is 3.99. The minimum Gasteiger partial charge on any atom is -0.497 e. The summed E-state index contributed by atoms with van der Waals surface area (Å²) < 4.78 is 5.24. The second-order valence-corrected chi connectivity index (χ2v) is 6.51. The molecule has 0 bridgehead atoms. The molecule has 0 aliphatic carbocycles. The number of nitrogens with one attached hydrogen (secondary N) is 1. The average molecular weight is 314 g/mol. The fraction of sp³-hybridized carbons (Fsp3) is 0.526. The molecule has 1 amide bonds. The Kier molecular flexibility index (Phi) is 4.89. The standard InChI is InChI=1S/C19H26N2O2/c1-3-5-14-6-4-10-21(11-9-14)19(22)18-12-15-7-8-16(23-2)13-17(15)20-18/h7-8,12-14,20H,3-6,9-11H2,1-2H3/t14-/m0/s1. The number of benzene rings is 1. The minimum absolute atomic E-state index is 0.123. The van der Waals surface area contributed by atoms with E-state index in [4.69, 9.17) is 4.74 Å². The lowest BCUT2D eigenvalue weighted by atomic mass is 9.96. The fourth-order valence-electron chi connectivity index (χ4n) is 3.58. The van der Waals surface area contributed by atoms with Gasteiger partial charge in [0.25, 0.3) is 5.91 Å². The van der Waals surface area contributed by atoms with E-state index in [0.29, 0.717) is 5.69 Å². The van der Waals surface area contributed by atoms with Crippen molar-refractivity contribution < 1.29 is 9.53 Å². The van der Waals surface area contributed by atoms with E-state index in [1.807, 2.05) is 29.2 Å². The molecule has 2 heterocycles. The van der Waals surface area contributed by atoms with E-state index in [9.17, 15) is 4.79 Å². The molecule has 1 aromatic carbocycles. The first kappa shape index (κ1) is 15.9. The number of fused-ring (bicyclic) bond motifs is 1. The highest BCUT2D eigenvalue weighted by molar-refractivity contribution is 5.98. The highest BCUT2D eigenvalue weighted by atomic mass is 16.5. The van der Waals surface area contributed by atoms with Gasteiger partial charge >= 0.3 is 0 Å². The number of rotatable bonds is 4. The second kappa shape index (κ2) is 7.07. The molecular formula is C19H26N2O2. The van der Waals surface area contributed by atoms with Gasteiger partial charge in [0.05, 0.1) is 7.11 Å². The SMILES string of the molecule is CCC[C@H]1CCCN(C(=O)c2cc3ccc(OC)cc3[nH]2)CC1. The van der Waals surface area contributed by atoms with Crippen molar-refractivity contribution in [2.24, 2.45) is 5.92 Å². The van der Waals surface area contributed by atoms with Gasteiger partial charge in [0.2, 0.25) is 0 Å². The molecule has 1 aromatic heterocycles. The topological polar surface area (TPSA) is 45.3 Å². The van der Waals surface area contributed by atoms with Gasteiger partial charge in [0.1, 0.15) is 11.4 Å². The van der Waals surface area contributed by atoms with Gasteiger partial charge in [0.15, 0.2) is 0 Å². The number of nitrogens with zero attached hydrogens (tertiary/aromatic N) is 1. The van der Waals surface area contributed by atoms with Crippen LogP contribution in [0.5, 0.6) is 5.75 Å². The Morgan fingerprint density at radius 3 is 2.96 bits per heavy atom. The number of likely N-dealkylation sites (tertiary alicyclic amines) is 1. The van der Waals surface area contributed by atoms with Gasteiger partial charge < -0.3 is 14.6 Å². The third-order valence-corrected chi connectivity index (χ3v) is 4.89. The zero-order valence-corrected chi connectivity index (χ0v) is 14.1. The van der Waals surface area contributed by atoms with Crippen LogP contribution in [0.25, 0.3) is 10.9 Å². The van der Waals surface area contributed by atoms with Crippen molar-refractivity contribution in [2.45, 2.75) is 39.0 Å². The predicted octanol–water partition coefficient (Wildman–Crippen LogP) is 4.22. The van der Waals surface area contributed by atoms with Crippen LogP contribution in [0.3, 0.4) is 0 Å². The summed E-state index contributed by atoms with van der Waals surface area (Å²) >= 11 is 0. The normalized spacial score (nSPS) is 18.9. The molecule has 124 valence electrons. The smallest absolute Gasteiger partial charge is 0.270 e. The van der Waals surface area contributed by atoms with Crippen LogP contribution in [0.15, 0.2) is 24.3 Å². The van der Waals surface area contributed by atoms with Crippen LogP contribution < -0.4 is 4.74 Å². The van der Waals surface area contributed by atoms with Crippen molar-refractivity contribution in [3.63, 3.8) is 0 Å². The first-order chi connectivity index (χ1) is 11.2. The van der Waals surface area contributed by atoms with Crippen molar-refractivity contribution in [1.29, 1.82) is 0 Å². The molecule has 1 aliphatic rings. The van der Waals surface area contributed by atoms with E-state index in [1.54, 1.807) is 7.11 Å². The first-order valence-corrected chi connectivity index (χ1v) is 8.67. The Labute approximate surface area is 137 Å². The number of amides is 1. The molecule has 3 rings (SSSR count). The fourth-order valence-corrected chi connectivity index (χ4v) is 3.58. The summed E-state index contributed by atoms with van der Waals surface area (Å²) in [5.41, 5.74) is 1.63. The lowest BCUT2D eigenvalue weighted by Gasteiger charge is -2.19. The van der Waals surface area contributed by atoms with Gasteiger partial charge in [-0.05, 0) is 43.4 Å². The Balaban J connectivity index is 1.74. The summed E-state index contributed by atoms with van der Waals surface area (Å²) in [6.07, 6.45) is 6.02. The molecule has 1 N–H and O–H groups in total. The maximum Gasteiger partial charge on any atom is 0.270 e. The molecule has 0 saturated carbocycles. The third-order valence-electron chi connectivity index (χ3n) is 4.89. The lowest BCUT2D eigenvalue weighted by molar-refractivity contribution is 0.0755. The summed E-state index contributed by atoms with van der Waals surface area (Å²) in [4.78, 5) is 18.1. The molecule has 2 aromatic rings. The van der Waals surface area contributed by atoms with E-state index in [-0.39, 0.29) is 5.91 Å². The Hall–Kier alpha value is -1.97. The van der Waals surface area contributed by atoms with E-state index in [0.717, 1.165) is 48.5 Å². The predicted molar refractivity (Wildman–Crippen MR) is 93.0 cm³/mol. The quantitative estimate of drug-likeness (QED) is 0.918. The van der Waals surface area contributed by atoms with E-state index >= 15 is 0 Å². The Morgan fingerprint density at radius 2 is 2.17 bits per heavy atom. The molecule has 0 unspecified atom stereocenters. The molecule has 4 nitrogen and oxygen atoms in total. The van der Waals surface area contributed by atoms with Crippen LogP contribution >= 0.6 is 0 Å². The van der Waals surface area contributed by atoms with Crippen LogP contribution in [-0.2, 0) is 0 Å². The maximum atomic E-state index is 12.8. The number of aromatic amines is 1. The van der Waals surface area contributed by atoms with Gasteiger partial charge in [-0.1, -0.05) is 19.8 Å². The van der Waals surface area contributed by atoms with Crippen LogP contribution in [0.1, 0.15) is 49.5 Å². The maximum absolute atomic E-state index is 12.8. The molecule has 1 aliphatic heterocycles. The third kappa shape index (κ3) is 3.52. The first-order valence-electron chi connectivity index (χ1n) is 8.67.